The van der Waals surface area contributed by atoms with Crippen molar-refractivity contribution in [1.29, 1.82) is 0 Å². The molecular formula is C16H26F2N4O4S. The first-order valence-corrected chi connectivity index (χ1v) is 10.3. The summed E-state index contributed by atoms with van der Waals surface area (Å²) in [7, 11) is -3.75. The summed E-state index contributed by atoms with van der Waals surface area (Å²) in [6.07, 6.45) is -1.83. The third-order valence-electron chi connectivity index (χ3n) is 4.45. The largest absolute Gasteiger partial charge is 0.360 e. The van der Waals surface area contributed by atoms with Crippen LogP contribution in [0.15, 0.2) is 9.42 Å². The number of amides is 1. The Balaban J connectivity index is 1.97. The number of alkyl halides is 2. The molecule has 0 spiro atoms. The van der Waals surface area contributed by atoms with Gasteiger partial charge in [-0.2, -0.15) is 4.31 Å². The Hall–Kier alpha value is -1.59. The maximum atomic E-state index is 12.8. The van der Waals surface area contributed by atoms with Crippen LogP contribution in [-0.4, -0.2) is 85.8 Å². The van der Waals surface area contributed by atoms with Gasteiger partial charge in [0.15, 0.2) is 5.76 Å². The molecule has 1 aliphatic rings. The molecule has 1 aromatic heterocycles. The molecule has 1 fully saturated rings. The predicted octanol–water partition coefficient (Wildman–Crippen LogP) is 1.10. The number of aromatic nitrogens is 1. The zero-order valence-corrected chi connectivity index (χ0v) is 16.6. The molecule has 0 radical (unpaired) electrons. The van der Waals surface area contributed by atoms with Gasteiger partial charge in [-0.25, -0.2) is 17.2 Å². The summed E-state index contributed by atoms with van der Waals surface area (Å²) in [5, 5.41) is 3.68. The smallest absolute Gasteiger partial charge is 0.251 e. The summed E-state index contributed by atoms with van der Waals surface area (Å²) >= 11 is 0. The zero-order valence-electron chi connectivity index (χ0n) is 15.8. The highest BCUT2D eigenvalue weighted by atomic mass is 32.2. The second kappa shape index (κ2) is 9.07. The number of hydrogen-bond donors (Lipinski definition) is 0. The molecule has 0 saturated carbocycles. The van der Waals surface area contributed by atoms with Crippen molar-refractivity contribution in [3.8, 4) is 0 Å². The first-order valence-electron chi connectivity index (χ1n) is 8.88. The lowest BCUT2D eigenvalue weighted by Gasteiger charge is -2.35. The number of hydrogen-bond acceptors (Lipinski definition) is 6. The fraction of sp³-hybridized carbons (Fsp3) is 0.750. The minimum absolute atomic E-state index is 0.0633. The second-order valence-corrected chi connectivity index (χ2v) is 8.44. The lowest BCUT2D eigenvalue weighted by Crippen LogP contribution is -2.53. The van der Waals surface area contributed by atoms with E-state index in [1.165, 1.54) is 21.0 Å². The van der Waals surface area contributed by atoms with Crippen molar-refractivity contribution < 1.29 is 26.5 Å². The summed E-state index contributed by atoms with van der Waals surface area (Å²) in [6.45, 7) is 5.56. The summed E-state index contributed by atoms with van der Waals surface area (Å²) in [4.78, 5) is 15.4. The van der Waals surface area contributed by atoms with E-state index in [-0.39, 0.29) is 49.3 Å². The molecule has 1 saturated heterocycles. The van der Waals surface area contributed by atoms with E-state index in [2.05, 4.69) is 5.16 Å². The number of carbonyl (C=O) groups is 1. The summed E-state index contributed by atoms with van der Waals surface area (Å²) in [5.41, 5.74) is 0.299. The monoisotopic (exact) mass is 408 g/mol. The third-order valence-corrected chi connectivity index (χ3v) is 6.60. The van der Waals surface area contributed by atoms with E-state index in [0.717, 1.165) is 0 Å². The van der Waals surface area contributed by atoms with Crippen molar-refractivity contribution in [2.24, 2.45) is 0 Å². The minimum atomic E-state index is -3.75. The average molecular weight is 408 g/mol. The molecule has 2 rings (SSSR count). The highest BCUT2D eigenvalue weighted by molar-refractivity contribution is 7.89. The van der Waals surface area contributed by atoms with Gasteiger partial charge in [0.25, 0.3) is 6.43 Å². The number of rotatable bonds is 8. The molecule has 8 nitrogen and oxygen atoms in total. The Morgan fingerprint density at radius 2 is 1.89 bits per heavy atom. The number of aryl methyl sites for hydroxylation is 2. The van der Waals surface area contributed by atoms with Gasteiger partial charge in [0.05, 0.1) is 13.1 Å². The van der Waals surface area contributed by atoms with Crippen LogP contribution in [0.1, 0.15) is 24.8 Å². The Kier molecular flexibility index (Phi) is 7.29. The van der Waals surface area contributed by atoms with E-state index in [9.17, 15) is 22.0 Å². The Morgan fingerprint density at radius 1 is 1.26 bits per heavy atom. The molecule has 1 amide bonds. The lowest BCUT2D eigenvalue weighted by atomic mass is 10.3. The van der Waals surface area contributed by atoms with Crippen molar-refractivity contribution in [2.45, 2.75) is 38.5 Å². The average Bonchev–Trinajstić information content (AvgIpc) is 2.94. The van der Waals surface area contributed by atoms with Crippen LogP contribution >= 0.6 is 0 Å². The molecule has 1 aromatic rings. The quantitative estimate of drug-likeness (QED) is 0.640. The van der Waals surface area contributed by atoms with E-state index >= 15 is 0 Å². The van der Waals surface area contributed by atoms with Crippen molar-refractivity contribution in [2.75, 3.05) is 45.8 Å². The van der Waals surface area contributed by atoms with Gasteiger partial charge in [-0.05, 0) is 26.8 Å². The molecule has 154 valence electrons. The van der Waals surface area contributed by atoms with Gasteiger partial charge in [-0.3, -0.25) is 9.69 Å². The molecule has 0 atom stereocenters. The van der Waals surface area contributed by atoms with Gasteiger partial charge < -0.3 is 9.42 Å². The molecule has 27 heavy (non-hydrogen) atoms. The first kappa shape index (κ1) is 21.7. The third kappa shape index (κ3) is 5.23. The summed E-state index contributed by atoms with van der Waals surface area (Å²) in [5.74, 6) is -0.0355. The maximum Gasteiger partial charge on any atom is 0.251 e. The molecule has 0 aromatic carbocycles. The summed E-state index contributed by atoms with van der Waals surface area (Å²) in [6, 6.07) is 0. The number of carbonyl (C=O) groups excluding carboxylic acids is 1. The van der Waals surface area contributed by atoms with Crippen LogP contribution in [0.2, 0.25) is 0 Å². The van der Waals surface area contributed by atoms with Crippen LogP contribution in [0.5, 0.6) is 0 Å². The fourth-order valence-corrected chi connectivity index (χ4v) is 4.90. The van der Waals surface area contributed by atoms with E-state index in [1.54, 1.807) is 6.92 Å². The number of nitrogens with zero attached hydrogens (tertiary/aromatic N) is 4. The van der Waals surface area contributed by atoms with Gasteiger partial charge >= 0.3 is 0 Å². The minimum Gasteiger partial charge on any atom is -0.360 e. The Labute approximate surface area is 158 Å². The summed E-state index contributed by atoms with van der Waals surface area (Å²) < 4.78 is 57.1. The standard InChI is InChI=1S/C16H26F2N4O4S/c1-4-5-20(10-14(17)18)11-15(23)21-6-8-22(9-7-21)27(24,25)16-12(2)19-26-13(16)3/h14H,4-11H2,1-3H3. The van der Waals surface area contributed by atoms with Crippen LogP contribution in [0, 0.1) is 13.8 Å². The predicted molar refractivity (Wildman–Crippen MR) is 94.1 cm³/mol. The van der Waals surface area contributed by atoms with Crippen molar-refractivity contribution >= 4 is 15.9 Å². The molecule has 1 aliphatic heterocycles. The van der Waals surface area contributed by atoms with Gasteiger partial charge in [-0.15, -0.1) is 0 Å². The van der Waals surface area contributed by atoms with E-state index < -0.39 is 23.0 Å². The molecule has 0 bridgehead atoms. The topological polar surface area (TPSA) is 87.0 Å². The Bertz CT molecular complexity index is 726. The second-order valence-electron chi connectivity index (χ2n) is 6.56. The van der Waals surface area contributed by atoms with Crippen LogP contribution < -0.4 is 0 Å². The highest BCUT2D eigenvalue weighted by Crippen LogP contribution is 2.24. The maximum absolute atomic E-state index is 12.8. The van der Waals surface area contributed by atoms with E-state index in [1.807, 2.05) is 6.92 Å². The zero-order chi connectivity index (χ0) is 20.2. The molecule has 0 N–H and O–H groups in total. The molecule has 0 aliphatic carbocycles. The first-order chi connectivity index (χ1) is 12.7. The molecule has 2 heterocycles. The molecule has 0 unspecified atom stereocenters. The number of halogens is 2. The van der Waals surface area contributed by atoms with Gasteiger partial charge in [0.1, 0.15) is 10.6 Å². The fourth-order valence-electron chi connectivity index (χ4n) is 3.19. The Morgan fingerprint density at radius 3 is 2.37 bits per heavy atom. The van der Waals surface area contributed by atoms with Crippen LogP contribution in [0.4, 0.5) is 8.78 Å². The molecule has 11 heteroatoms. The number of piperazine rings is 1. The van der Waals surface area contributed by atoms with Crippen molar-refractivity contribution in [1.82, 2.24) is 19.3 Å². The highest BCUT2D eigenvalue weighted by Gasteiger charge is 2.34. The molecular weight excluding hydrogens is 382 g/mol. The van der Waals surface area contributed by atoms with Gasteiger partial charge in [0, 0.05) is 26.2 Å². The normalized spacial score (nSPS) is 16.5. The lowest BCUT2D eigenvalue weighted by molar-refractivity contribution is -0.134. The van der Waals surface area contributed by atoms with E-state index in [0.29, 0.717) is 18.7 Å². The SMILES string of the molecule is CCCN(CC(=O)N1CCN(S(=O)(=O)c2c(C)noc2C)CC1)CC(F)F. The van der Waals surface area contributed by atoms with Crippen LogP contribution in [0.3, 0.4) is 0 Å². The van der Waals surface area contributed by atoms with Gasteiger partial charge in [-0.1, -0.05) is 12.1 Å². The van der Waals surface area contributed by atoms with E-state index in [4.69, 9.17) is 4.52 Å². The number of sulfonamides is 1. The van der Waals surface area contributed by atoms with Crippen LogP contribution in [-0.2, 0) is 14.8 Å². The van der Waals surface area contributed by atoms with Crippen molar-refractivity contribution in [3.63, 3.8) is 0 Å². The van der Waals surface area contributed by atoms with Gasteiger partial charge in [0.2, 0.25) is 15.9 Å². The van der Waals surface area contributed by atoms with Crippen molar-refractivity contribution in [3.05, 3.63) is 11.5 Å². The van der Waals surface area contributed by atoms with Crippen LogP contribution in [0.25, 0.3) is 0 Å².